The van der Waals surface area contributed by atoms with Gasteiger partial charge in [-0.2, -0.15) is 0 Å². The fourth-order valence-corrected chi connectivity index (χ4v) is 4.05. The monoisotopic (exact) mass is 456 g/mol. The number of carbonyl (C=O) groups excluding carboxylic acids is 2. The molecule has 1 aliphatic rings. The first-order valence-corrected chi connectivity index (χ1v) is 11.0. The maximum absolute atomic E-state index is 12.7. The van der Waals surface area contributed by atoms with Crippen LogP contribution in [0, 0.1) is 19.8 Å². The molecule has 1 fully saturated rings. The Kier molecular flexibility index (Phi) is 6.20. The molecule has 2 aromatic carbocycles. The van der Waals surface area contributed by atoms with E-state index in [0.717, 1.165) is 16.8 Å². The van der Waals surface area contributed by atoms with Gasteiger partial charge >= 0.3 is 0 Å². The van der Waals surface area contributed by atoms with Crippen molar-refractivity contribution in [3.8, 4) is 5.75 Å². The summed E-state index contributed by atoms with van der Waals surface area (Å²) >= 11 is 7.10. The minimum atomic E-state index is -0.438. The summed E-state index contributed by atoms with van der Waals surface area (Å²) in [6.07, 6.45) is 0.171. The van der Waals surface area contributed by atoms with Gasteiger partial charge in [0.25, 0.3) is 0 Å². The second-order valence-electron chi connectivity index (χ2n) is 7.41. The number of benzene rings is 2. The highest BCUT2D eigenvalue weighted by Gasteiger charge is 2.35. The maximum Gasteiger partial charge on any atom is 0.231 e. The van der Waals surface area contributed by atoms with Crippen LogP contribution < -0.4 is 15.0 Å². The van der Waals surface area contributed by atoms with Gasteiger partial charge in [0.2, 0.25) is 16.9 Å². The van der Waals surface area contributed by atoms with Crippen molar-refractivity contribution in [3.63, 3.8) is 0 Å². The molecule has 0 spiro atoms. The van der Waals surface area contributed by atoms with E-state index < -0.39 is 5.92 Å². The van der Waals surface area contributed by atoms with Crippen LogP contribution in [0.1, 0.15) is 22.6 Å². The van der Waals surface area contributed by atoms with Gasteiger partial charge in [0.1, 0.15) is 12.4 Å². The molecule has 1 aromatic heterocycles. The van der Waals surface area contributed by atoms with E-state index in [1.165, 1.54) is 11.3 Å². The number of rotatable bonds is 6. The van der Waals surface area contributed by atoms with E-state index in [1.807, 2.05) is 32.0 Å². The van der Waals surface area contributed by atoms with Crippen LogP contribution in [0.15, 0.2) is 42.5 Å². The molecule has 1 N–H and O–H groups in total. The number of aromatic nitrogens is 2. The SMILES string of the molecule is Cc1ccc(N2CC(C(=O)Nc3nnc(COc4ccc(Cl)cc4)s3)CC2=O)cc1C. The summed E-state index contributed by atoms with van der Waals surface area (Å²) < 4.78 is 5.65. The Labute approximate surface area is 189 Å². The zero-order valence-corrected chi connectivity index (χ0v) is 18.7. The zero-order chi connectivity index (χ0) is 22.0. The van der Waals surface area contributed by atoms with Gasteiger partial charge in [0, 0.05) is 23.7 Å². The van der Waals surface area contributed by atoms with Gasteiger partial charge < -0.3 is 15.0 Å². The standard InChI is InChI=1S/C22H21ClN4O3S/c1-13-3-6-17(9-14(13)2)27-11-15(10-20(27)28)21(29)24-22-26-25-19(31-22)12-30-18-7-4-16(23)5-8-18/h3-9,15H,10-12H2,1-2H3,(H,24,26,29). The molecule has 0 aliphatic carbocycles. The molecular weight excluding hydrogens is 436 g/mol. The predicted molar refractivity (Wildman–Crippen MR) is 121 cm³/mol. The van der Waals surface area contributed by atoms with Crippen molar-refractivity contribution in [2.24, 2.45) is 5.92 Å². The van der Waals surface area contributed by atoms with Crippen LogP contribution in [0.25, 0.3) is 0 Å². The number of aryl methyl sites for hydroxylation is 2. The molecule has 0 saturated carbocycles. The van der Waals surface area contributed by atoms with Crippen molar-refractivity contribution < 1.29 is 14.3 Å². The molecule has 1 aliphatic heterocycles. The lowest BCUT2D eigenvalue weighted by Gasteiger charge is -2.17. The third kappa shape index (κ3) is 5.03. The van der Waals surface area contributed by atoms with E-state index in [9.17, 15) is 9.59 Å². The van der Waals surface area contributed by atoms with Gasteiger partial charge in [0.15, 0.2) is 5.01 Å². The van der Waals surface area contributed by atoms with Crippen LogP contribution in [-0.4, -0.2) is 28.6 Å². The second-order valence-corrected chi connectivity index (χ2v) is 8.91. The average Bonchev–Trinajstić information content (AvgIpc) is 3.36. The number of halogens is 1. The summed E-state index contributed by atoms with van der Waals surface area (Å²) in [5.74, 6) is -0.0633. The lowest BCUT2D eigenvalue weighted by atomic mass is 10.1. The molecule has 1 unspecified atom stereocenters. The molecule has 2 amide bonds. The largest absolute Gasteiger partial charge is 0.486 e. The van der Waals surface area contributed by atoms with Crippen LogP contribution in [0.2, 0.25) is 5.02 Å². The number of amides is 2. The summed E-state index contributed by atoms with van der Waals surface area (Å²) in [6.45, 7) is 4.61. The summed E-state index contributed by atoms with van der Waals surface area (Å²) in [6, 6.07) is 12.9. The minimum absolute atomic E-state index is 0.0577. The number of ether oxygens (including phenoxy) is 1. The van der Waals surface area contributed by atoms with Crippen molar-refractivity contribution in [2.45, 2.75) is 26.9 Å². The molecule has 3 aromatic rings. The number of anilines is 2. The fourth-order valence-electron chi connectivity index (χ4n) is 3.27. The molecule has 1 atom stereocenters. The Balaban J connectivity index is 1.34. The van der Waals surface area contributed by atoms with E-state index in [2.05, 4.69) is 15.5 Å². The number of nitrogens with zero attached hydrogens (tertiary/aromatic N) is 3. The number of hydrogen-bond acceptors (Lipinski definition) is 6. The molecule has 4 rings (SSSR count). The summed E-state index contributed by atoms with van der Waals surface area (Å²) in [4.78, 5) is 26.8. The Morgan fingerprint density at radius 1 is 1.19 bits per heavy atom. The molecule has 160 valence electrons. The van der Waals surface area contributed by atoms with E-state index in [0.29, 0.717) is 27.5 Å². The number of carbonyl (C=O) groups is 2. The number of hydrogen-bond donors (Lipinski definition) is 1. The van der Waals surface area contributed by atoms with Crippen LogP contribution in [0.3, 0.4) is 0 Å². The Bertz CT molecular complexity index is 1120. The molecule has 7 nitrogen and oxygen atoms in total. The van der Waals surface area contributed by atoms with E-state index in [4.69, 9.17) is 16.3 Å². The number of nitrogens with one attached hydrogen (secondary N) is 1. The first-order chi connectivity index (χ1) is 14.9. The quantitative estimate of drug-likeness (QED) is 0.595. The highest BCUT2D eigenvalue weighted by atomic mass is 35.5. The molecule has 9 heteroatoms. The lowest BCUT2D eigenvalue weighted by Crippen LogP contribution is -2.28. The molecule has 31 heavy (non-hydrogen) atoms. The molecular formula is C22H21ClN4O3S. The van der Waals surface area contributed by atoms with Crippen molar-refractivity contribution >= 4 is 45.6 Å². The smallest absolute Gasteiger partial charge is 0.231 e. The molecule has 0 bridgehead atoms. The molecule has 0 radical (unpaired) electrons. The highest BCUT2D eigenvalue weighted by Crippen LogP contribution is 2.28. The maximum atomic E-state index is 12.7. The van der Waals surface area contributed by atoms with Gasteiger partial charge in [-0.05, 0) is 61.4 Å². The Morgan fingerprint density at radius 3 is 2.71 bits per heavy atom. The second kappa shape index (κ2) is 9.03. The van der Waals surface area contributed by atoms with Crippen LogP contribution in [0.5, 0.6) is 5.75 Å². The first kappa shape index (κ1) is 21.3. The summed E-state index contributed by atoms with van der Waals surface area (Å²) in [5, 5.41) is 12.5. The molecule has 2 heterocycles. The first-order valence-electron chi connectivity index (χ1n) is 9.78. The van der Waals surface area contributed by atoms with Gasteiger partial charge in [-0.15, -0.1) is 10.2 Å². The van der Waals surface area contributed by atoms with Gasteiger partial charge in [-0.25, -0.2) is 0 Å². The molecule has 1 saturated heterocycles. The van der Waals surface area contributed by atoms with Crippen molar-refractivity contribution in [3.05, 3.63) is 63.6 Å². The predicted octanol–water partition coefficient (Wildman–Crippen LogP) is 4.38. The van der Waals surface area contributed by atoms with E-state index >= 15 is 0 Å². The highest BCUT2D eigenvalue weighted by molar-refractivity contribution is 7.15. The minimum Gasteiger partial charge on any atom is -0.486 e. The van der Waals surface area contributed by atoms with Gasteiger partial charge in [0.05, 0.1) is 5.92 Å². The summed E-state index contributed by atoms with van der Waals surface area (Å²) in [7, 11) is 0. The third-order valence-corrected chi connectivity index (χ3v) is 6.24. The van der Waals surface area contributed by atoms with Crippen molar-refractivity contribution in [1.29, 1.82) is 0 Å². The van der Waals surface area contributed by atoms with E-state index in [-0.39, 0.29) is 24.8 Å². The average molecular weight is 457 g/mol. The lowest BCUT2D eigenvalue weighted by molar-refractivity contribution is -0.122. The third-order valence-electron chi connectivity index (χ3n) is 5.17. The Hall–Kier alpha value is -2.97. The van der Waals surface area contributed by atoms with Gasteiger partial charge in [-0.1, -0.05) is 29.0 Å². The fraction of sp³-hybridized carbons (Fsp3) is 0.273. The van der Waals surface area contributed by atoms with E-state index in [1.54, 1.807) is 29.2 Å². The normalized spacial score (nSPS) is 15.9. The van der Waals surface area contributed by atoms with Crippen LogP contribution >= 0.6 is 22.9 Å². The summed E-state index contributed by atoms with van der Waals surface area (Å²) in [5.41, 5.74) is 3.10. The topological polar surface area (TPSA) is 84.4 Å². The van der Waals surface area contributed by atoms with Gasteiger partial charge in [-0.3, -0.25) is 9.59 Å². The van der Waals surface area contributed by atoms with Crippen molar-refractivity contribution in [2.75, 3.05) is 16.8 Å². The van der Waals surface area contributed by atoms with Crippen LogP contribution in [-0.2, 0) is 16.2 Å². The van der Waals surface area contributed by atoms with Crippen LogP contribution in [0.4, 0.5) is 10.8 Å². The zero-order valence-electron chi connectivity index (χ0n) is 17.1. The van der Waals surface area contributed by atoms with Crippen molar-refractivity contribution in [1.82, 2.24) is 10.2 Å². The Morgan fingerprint density at radius 2 is 1.97 bits per heavy atom.